The van der Waals surface area contributed by atoms with E-state index in [0.29, 0.717) is 0 Å². The molecule has 178 valence electrons. The van der Waals surface area contributed by atoms with Gasteiger partial charge in [0.25, 0.3) is 5.82 Å². The van der Waals surface area contributed by atoms with Gasteiger partial charge in [0, 0.05) is 5.41 Å². The van der Waals surface area contributed by atoms with Crippen molar-refractivity contribution in [3.05, 3.63) is 102 Å². The quantitative estimate of drug-likeness (QED) is 0.231. The maximum Gasteiger partial charge on any atom is 0.295 e. The van der Waals surface area contributed by atoms with Crippen molar-refractivity contribution in [2.24, 2.45) is 7.05 Å². The standard InChI is InChI=1S/C32H30N3S/c1-21-19-29-26(33-31(36-29)32(2,3)4)20-25(21)30-34(5)27-13-9-10-14-28(27)35(30)24-17-15-23(16-18-24)22-11-7-6-8-12-22/h6-20H,1-5H3/q+1. The van der Waals surface area contributed by atoms with Crippen molar-refractivity contribution in [1.29, 1.82) is 0 Å². The molecule has 0 atom stereocenters. The zero-order valence-electron chi connectivity index (χ0n) is 21.4. The van der Waals surface area contributed by atoms with Gasteiger partial charge in [0.2, 0.25) is 0 Å². The minimum absolute atomic E-state index is 0.0395. The second kappa shape index (κ2) is 8.42. The van der Waals surface area contributed by atoms with Crippen molar-refractivity contribution in [1.82, 2.24) is 9.55 Å². The van der Waals surface area contributed by atoms with Crippen molar-refractivity contribution in [2.45, 2.75) is 33.1 Å². The highest BCUT2D eigenvalue weighted by atomic mass is 32.1. The average molecular weight is 489 g/mol. The molecule has 3 nitrogen and oxygen atoms in total. The Balaban J connectivity index is 1.58. The molecule has 0 radical (unpaired) electrons. The van der Waals surface area contributed by atoms with Gasteiger partial charge in [0.15, 0.2) is 11.0 Å². The van der Waals surface area contributed by atoms with Crippen LogP contribution in [0.25, 0.3) is 49.5 Å². The lowest BCUT2D eigenvalue weighted by Crippen LogP contribution is -2.30. The number of hydrogen-bond donors (Lipinski definition) is 0. The number of hydrogen-bond acceptors (Lipinski definition) is 2. The molecule has 36 heavy (non-hydrogen) atoms. The van der Waals surface area contributed by atoms with E-state index in [0.717, 1.165) is 17.0 Å². The molecule has 4 heteroatoms. The molecular weight excluding hydrogens is 458 g/mol. The Kier molecular flexibility index (Phi) is 5.31. The van der Waals surface area contributed by atoms with Gasteiger partial charge in [-0.15, -0.1) is 11.3 Å². The van der Waals surface area contributed by atoms with E-state index in [1.807, 2.05) is 0 Å². The summed E-state index contributed by atoms with van der Waals surface area (Å²) in [7, 11) is 2.16. The Hall–Kier alpha value is -3.76. The molecule has 0 aliphatic carbocycles. The Bertz CT molecular complexity index is 1720. The smallest absolute Gasteiger partial charge is 0.241 e. The van der Waals surface area contributed by atoms with Gasteiger partial charge in [0.1, 0.15) is 5.69 Å². The Morgan fingerprint density at radius 3 is 2.19 bits per heavy atom. The fraction of sp³-hybridized carbons (Fsp3) is 0.188. The molecule has 0 fully saturated rings. The lowest BCUT2D eigenvalue weighted by molar-refractivity contribution is -0.633. The van der Waals surface area contributed by atoms with Gasteiger partial charge in [-0.25, -0.2) is 9.55 Å². The molecule has 6 rings (SSSR count). The van der Waals surface area contributed by atoms with Crippen molar-refractivity contribution in [2.75, 3.05) is 0 Å². The highest BCUT2D eigenvalue weighted by Gasteiger charge is 2.28. The molecule has 0 spiro atoms. The van der Waals surface area contributed by atoms with Crippen LogP contribution in [-0.2, 0) is 12.5 Å². The third-order valence-corrected chi connectivity index (χ3v) is 8.31. The molecule has 0 unspecified atom stereocenters. The van der Waals surface area contributed by atoms with Gasteiger partial charge in [-0.05, 0) is 60.0 Å². The van der Waals surface area contributed by atoms with Crippen molar-refractivity contribution < 1.29 is 4.57 Å². The van der Waals surface area contributed by atoms with Gasteiger partial charge < -0.3 is 0 Å². The van der Waals surface area contributed by atoms with Crippen LogP contribution in [0.2, 0.25) is 0 Å². The van der Waals surface area contributed by atoms with E-state index < -0.39 is 0 Å². The highest BCUT2D eigenvalue weighted by molar-refractivity contribution is 7.18. The summed E-state index contributed by atoms with van der Waals surface area (Å²) in [5.74, 6) is 1.16. The van der Waals surface area contributed by atoms with Crippen molar-refractivity contribution in [3.63, 3.8) is 0 Å². The number of thiazole rings is 1. The molecule has 0 N–H and O–H groups in total. The number of nitrogens with zero attached hydrogens (tertiary/aromatic N) is 3. The van der Waals surface area contributed by atoms with Crippen molar-refractivity contribution in [3.8, 4) is 28.2 Å². The summed E-state index contributed by atoms with van der Waals surface area (Å²) in [5.41, 5.74) is 9.56. The summed E-state index contributed by atoms with van der Waals surface area (Å²) in [6, 6.07) is 32.7. The molecule has 0 aliphatic rings. The number of benzene rings is 4. The summed E-state index contributed by atoms with van der Waals surface area (Å²) in [4.78, 5) is 5.04. The second-order valence-electron chi connectivity index (χ2n) is 10.5. The van der Waals surface area contributed by atoms with Gasteiger partial charge >= 0.3 is 0 Å². The summed E-state index contributed by atoms with van der Waals surface area (Å²) < 4.78 is 5.94. The predicted octanol–water partition coefficient (Wildman–Crippen LogP) is 8.00. The minimum atomic E-state index is 0.0395. The largest absolute Gasteiger partial charge is 0.295 e. The van der Waals surface area contributed by atoms with Crippen LogP contribution in [0.4, 0.5) is 0 Å². The third-order valence-electron chi connectivity index (χ3n) is 6.86. The third kappa shape index (κ3) is 3.73. The number of rotatable bonds is 3. The van der Waals surface area contributed by atoms with Crippen LogP contribution in [0, 0.1) is 6.92 Å². The zero-order chi connectivity index (χ0) is 25.0. The lowest BCUT2D eigenvalue weighted by Gasteiger charge is -2.13. The van der Waals surface area contributed by atoms with Crippen LogP contribution < -0.4 is 4.57 Å². The number of imidazole rings is 1. The summed E-state index contributed by atoms with van der Waals surface area (Å²) in [5, 5.41) is 1.18. The van der Waals surface area contributed by atoms with E-state index in [1.165, 1.54) is 43.0 Å². The van der Waals surface area contributed by atoms with Crippen molar-refractivity contribution >= 4 is 32.6 Å². The zero-order valence-corrected chi connectivity index (χ0v) is 22.2. The monoisotopic (exact) mass is 488 g/mol. The summed E-state index contributed by atoms with van der Waals surface area (Å²) in [6.45, 7) is 8.91. The molecule has 6 aromatic rings. The molecule has 2 heterocycles. The molecule has 0 amide bonds. The molecule has 0 aliphatic heterocycles. The van der Waals surface area contributed by atoms with E-state index in [4.69, 9.17) is 4.98 Å². The van der Waals surface area contributed by atoms with Crippen LogP contribution in [-0.4, -0.2) is 9.55 Å². The SMILES string of the molecule is Cc1cc2sc(C(C)(C)C)nc2cc1-c1n(-c2ccc(-c3ccccc3)cc2)c2ccccc2[n+]1C. The van der Waals surface area contributed by atoms with Crippen LogP contribution in [0.15, 0.2) is 91.0 Å². The minimum Gasteiger partial charge on any atom is -0.241 e. The summed E-state index contributed by atoms with van der Waals surface area (Å²) in [6.07, 6.45) is 0. The number of aryl methyl sites for hydroxylation is 2. The highest BCUT2D eigenvalue weighted by Crippen LogP contribution is 2.36. The van der Waals surface area contributed by atoms with E-state index in [2.05, 4.69) is 135 Å². The van der Waals surface area contributed by atoms with Crippen LogP contribution in [0.1, 0.15) is 31.3 Å². The Morgan fingerprint density at radius 1 is 0.806 bits per heavy atom. The average Bonchev–Trinajstić information content (AvgIpc) is 3.43. The second-order valence-corrected chi connectivity index (χ2v) is 11.6. The molecule has 0 bridgehead atoms. The number of aromatic nitrogens is 3. The topological polar surface area (TPSA) is 21.7 Å². The molecule has 2 aromatic heterocycles. The molecule has 4 aromatic carbocycles. The lowest BCUT2D eigenvalue weighted by atomic mass is 9.98. The van der Waals surface area contributed by atoms with Gasteiger partial charge in [-0.3, -0.25) is 0 Å². The normalized spacial score (nSPS) is 12.0. The Labute approximate surface area is 216 Å². The Morgan fingerprint density at radius 2 is 1.47 bits per heavy atom. The molecule has 0 saturated carbocycles. The predicted molar refractivity (Wildman–Crippen MR) is 152 cm³/mol. The van der Waals surface area contributed by atoms with Gasteiger partial charge in [-0.1, -0.05) is 75.4 Å². The van der Waals surface area contributed by atoms with Gasteiger partial charge in [-0.2, -0.15) is 4.57 Å². The van der Waals surface area contributed by atoms with E-state index in [-0.39, 0.29) is 5.41 Å². The van der Waals surface area contributed by atoms with Crippen LogP contribution in [0.3, 0.4) is 0 Å². The first kappa shape index (κ1) is 22.7. The molecular formula is C32H30N3S+. The van der Waals surface area contributed by atoms with Crippen LogP contribution >= 0.6 is 11.3 Å². The maximum absolute atomic E-state index is 5.04. The fourth-order valence-electron chi connectivity index (χ4n) is 4.95. The first-order chi connectivity index (χ1) is 17.3. The number of para-hydroxylation sites is 2. The number of fused-ring (bicyclic) bond motifs is 2. The fourth-order valence-corrected chi connectivity index (χ4v) is 6.05. The van der Waals surface area contributed by atoms with E-state index in [9.17, 15) is 0 Å². The van der Waals surface area contributed by atoms with Crippen LogP contribution in [0.5, 0.6) is 0 Å². The summed E-state index contributed by atoms with van der Waals surface area (Å²) >= 11 is 1.81. The first-order valence-corrected chi connectivity index (χ1v) is 13.2. The van der Waals surface area contributed by atoms with E-state index >= 15 is 0 Å². The van der Waals surface area contributed by atoms with E-state index in [1.54, 1.807) is 11.3 Å². The molecule has 0 saturated heterocycles. The first-order valence-electron chi connectivity index (χ1n) is 12.4. The van der Waals surface area contributed by atoms with Gasteiger partial charge in [0.05, 0.1) is 27.8 Å². The maximum atomic E-state index is 5.04.